The number of fused-ring (bicyclic) bond motifs is 1. The number of sulfone groups is 1. The van der Waals surface area contributed by atoms with Crippen LogP contribution in [0.3, 0.4) is 0 Å². The summed E-state index contributed by atoms with van der Waals surface area (Å²) in [4.78, 5) is 8.30. The Kier molecular flexibility index (Phi) is 3.96. The van der Waals surface area contributed by atoms with Gasteiger partial charge in [-0.25, -0.2) is 18.4 Å². The highest BCUT2D eigenvalue weighted by Gasteiger charge is 2.27. The van der Waals surface area contributed by atoms with E-state index in [-0.39, 0.29) is 28.0 Å². The summed E-state index contributed by atoms with van der Waals surface area (Å²) >= 11 is 0. The summed E-state index contributed by atoms with van der Waals surface area (Å²) in [6.45, 7) is 0.210. The van der Waals surface area contributed by atoms with E-state index in [0.29, 0.717) is 11.5 Å². The third kappa shape index (κ3) is 2.84. The number of para-hydroxylation sites is 2. The van der Waals surface area contributed by atoms with Crippen LogP contribution < -0.4 is 15.2 Å². The fraction of sp³-hybridized carbons (Fsp3) is 0.111. The molecule has 4 rings (SSSR count). The fourth-order valence-electron chi connectivity index (χ4n) is 2.63. The molecule has 132 valence electrons. The van der Waals surface area contributed by atoms with Crippen molar-refractivity contribution in [3.05, 3.63) is 66.6 Å². The molecule has 0 saturated heterocycles. The van der Waals surface area contributed by atoms with Crippen molar-refractivity contribution in [2.24, 2.45) is 0 Å². The molecule has 1 aliphatic rings. The van der Waals surface area contributed by atoms with Gasteiger partial charge in [0, 0.05) is 0 Å². The lowest BCUT2D eigenvalue weighted by Crippen LogP contribution is -2.24. The van der Waals surface area contributed by atoms with Crippen LogP contribution in [0.5, 0.6) is 11.5 Å². The van der Waals surface area contributed by atoms with E-state index in [4.69, 9.17) is 15.2 Å². The highest BCUT2D eigenvalue weighted by molar-refractivity contribution is 7.91. The third-order valence-electron chi connectivity index (χ3n) is 3.94. The van der Waals surface area contributed by atoms with E-state index in [0.717, 1.165) is 0 Å². The predicted molar refractivity (Wildman–Crippen MR) is 93.6 cm³/mol. The molecule has 0 amide bonds. The van der Waals surface area contributed by atoms with Gasteiger partial charge in [0.05, 0.1) is 11.1 Å². The zero-order valence-corrected chi connectivity index (χ0v) is 14.4. The number of nitrogens with zero attached hydrogens (tertiary/aromatic N) is 2. The van der Waals surface area contributed by atoms with E-state index >= 15 is 0 Å². The standard InChI is InChI=1S/C18H15N3O4S/c19-17-16(26(22,23)12-6-2-1-3-7-12)10-20-18(21-17)15-11-24-13-8-4-5-9-14(13)25-15/h1-10,15H,11H2,(H2,19,20,21)/t15-/m0/s1. The minimum Gasteiger partial charge on any atom is -0.485 e. The third-order valence-corrected chi connectivity index (χ3v) is 5.73. The molecule has 3 aromatic rings. The topological polar surface area (TPSA) is 104 Å². The molecule has 8 heteroatoms. The number of benzene rings is 2. The molecule has 2 aromatic carbocycles. The number of nitrogens with two attached hydrogens (primary N) is 1. The van der Waals surface area contributed by atoms with E-state index in [1.807, 2.05) is 12.1 Å². The van der Waals surface area contributed by atoms with Crippen LogP contribution in [-0.4, -0.2) is 25.0 Å². The summed E-state index contributed by atoms with van der Waals surface area (Å²) in [5.74, 6) is 1.36. The number of ether oxygens (including phenoxy) is 2. The molecule has 0 spiro atoms. The van der Waals surface area contributed by atoms with Crippen LogP contribution in [0.25, 0.3) is 0 Å². The number of anilines is 1. The van der Waals surface area contributed by atoms with Crippen LogP contribution in [0.2, 0.25) is 0 Å². The zero-order valence-electron chi connectivity index (χ0n) is 13.6. The number of rotatable bonds is 3. The highest BCUT2D eigenvalue weighted by atomic mass is 32.2. The fourth-order valence-corrected chi connectivity index (χ4v) is 3.92. The first kappa shape index (κ1) is 16.3. The van der Waals surface area contributed by atoms with Gasteiger partial charge in [0.2, 0.25) is 9.84 Å². The van der Waals surface area contributed by atoms with Crippen molar-refractivity contribution in [3.63, 3.8) is 0 Å². The van der Waals surface area contributed by atoms with E-state index in [2.05, 4.69) is 9.97 Å². The normalized spacial score (nSPS) is 16.2. The predicted octanol–water partition coefficient (Wildman–Crippen LogP) is 2.40. The Hall–Kier alpha value is -3.13. The summed E-state index contributed by atoms with van der Waals surface area (Å²) in [5, 5.41) is 0. The summed E-state index contributed by atoms with van der Waals surface area (Å²) in [5.41, 5.74) is 5.92. The van der Waals surface area contributed by atoms with E-state index in [1.54, 1.807) is 30.3 Å². The number of nitrogen functional groups attached to an aromatic ring is 1. The molecule has 1 aromatic heterocycles. The van der Waals surface area contributed by atoms with Gasteiger partial charge in [-0.3, -0.25) is 0 Å². The highest BCUT2D eigenvalue weighted by Crippen LogP contribution is 2.35. The Morgan fingerprint density at radius 2 is 1.69 bits per heavy atom. The Labute approximate surface area is 150 Å². The first-order chi connectivity index (χ1) is 12.6. The maximum atomic E-state index is 12.7. The Bertz CT molecular complexity index is 1060. The van der Waals surface area contributed by atoms with Gasteiger partial charge in [-0.1, -0.05) is 30.3 Å². The van der Waals surface area contributed by atoms with Crippen molar-refractivity contribution in [3.8, 4) is 11.5 Å². The smallest absolute Gasteiger partial charge is 0.211 e. The summed E-state index contributed by atoms with van der Waals surface area (Å²) in [6.07, 6.45) is 0.643. The van der Waals surface area contributed by atoms with Gasteiger partial charge in [0.1, 0.15) is 17.3 Å². The second-order valence-electron chi connectivity index (χ2n) is 5.66. The molecule has 0 aliphatic carbocycles. The van der Waals surface area contributed by atoms with Crippen molar-refractivity contribution < 1.29 is 17.9 Å². The first-order valence-corrected chi connectivity index (χ1v) is 9.35. The molecule has 1 atom stereocenters. The average molecular weight is 369 g/mol. The molecule has 0 saturated carbocycles. The van der Waals surface area contributed by atoms with Crippen molar-refractivity contribution in [2.75, 3.05) is 12.3 Å². The Morgan fingerprint density at radius 3 is 2.42 bits per heavy atom. The molecular weight excluding hydrogens is 354 g/mol. The molecule has 0 unspecified atom stereocenters. The number of aromatic nitrogens is 2. The summed E-state index contributed by atoms with van der Waals surface area (Å²) < 4.78 is 36.8. The molecule has 26 heavy (non-hydrogen) atoms. The minimum absolute atomic E-state index is 0.124. The monoisotopic (exact) mass is 369 g/mol. The van der Waals surface area contributed by atoms with Gasteiger partial charge in [0.25, 0.3) is 0 Å². The maximum Gasteiger partial charge on any atom is 0.211 e. The lowest BCUT2D eigenvalue weighted by molar-refractivity contribution is 0.0850. The van der Waals surface area contributed by atoms with Gasteiger partial charge < -0.3 is 15.2 Å². The first-order valence-electron chi connectivity index (χ1n) is 7.87. The van der Waals surface area contributed by atoms with Gasteiger partial charge >= 0.3 is 0 Å². The van der Waals surface area contributed by atoms with Crippen LogP contribution in [-0.2, 0) is 9.84 Å². The molecular formula is C18H15N3O4S. The largest absolute Gasteiger partial charge is 0.485 e. The van der Waals surface area contributed by atoms with Crippen LogP contribution in [0, 0.1) is 0 Å². The van der Waals surface area contributed by atoms with Gasteiger partial charge in [0.15, 0.2) is 23.4 Å². The van der Waals surface area contributed by atoms with Crippen molar-refractivity contribution >= 4 is 15.7 Å². The zero-order chi connectivity index (χ0) is 18.1. The molecule has 0 radical (unpaired) electrons. The van der Waals surface area contributed by atoms with Crippen molar-refractivity contribution in [1.82, 2.24) is 9.97 Å². The maximum absolute atomic E-state index is 12.7. The number of hydrogen-bond acceptors (Lipinski definition) is 7. The molecule has 0 bridgehead atoms. The second kappa shape index (κ2) is 6.30. The van der Waals surface area contributed by atoms with Gasteiger partial charge in [-0.2, -0.15) is 0 Å². The van der Waals surface area contributed by atoms with Crippen molar-refractivity contribution in [1.29, 1.82) is 0 Å². The Morgan fingerprint density at radius 1 is 1.00 bits per heavy atom. The van der Waals surface area contributed by atoms with E-state index < -0.39 is 15.9 Å². The lowest BCUT2D eigenvalue weighted by Gasteiger charge is -2.25. The second-order valence-corrected chi connectivity index (χ2v) is 7.58. The molecule has 0 fully saturated rings. The SMILES string of the molecule is Nc1nc([C@@H]2COc3ccccc3O2)ncc1S(=O)(=O)c1ccccc1. The summed E-state index contributed by atoms with van der Waals surface area (Å²) in [7, 11) is -3.79. The van der Waals surface area contributed by atoms with Crippen LogP contribution in [0.15, 0.2) is 70.6 Å². The summed E-state index contributed by atoms with van der Waals surface area (Å²) in [6, 6.07) is 15.3. The van der Waals surface area contributed by atoms with E-state index in [9.17, 15) is 8.42 Å². The molecule has 2 heterocycles. The quantitative estimate of drug-likeness (QED) is 0.756. The van der Waals surface area contributed by atoms with E-state index in [1.165, 1.54) is 18.3 Å². The van der Waals surface area contributed by atoms with Gasteiger partial charge in [-0.15, -0.1) is 0 Å². The average Bonchev–Trinajstić information content (AvgIpc) is 2.68. The van der Waals surface area contributed by atoms with Gasteiger partial charge in [-0.05, 0) is 24.3 Å². The van der Waals surface area contributed by atoms with Crippen molar-refractivity contribution in [2.45, 2.75) is 15.9 Å². The number of hydrogen-bond donors (Lipinski definition) is 1. The van der Waals surface area contributed by atoms with Crippen LogP contribution in [0.1, 0.15) is 11.9 Å². The molecule has 2 N–H and O–H groups in total. The molecule has 1 aliphatic heterocycles. The molecule has 7 nitrogen and oxygen atoms in total. The lowest BCUT2D eigenvalue weighted by atomic mass is 10.2. The van der Waals surface area contributed by atoms with Crippen LogP contribution in [0.4, 0.5) is 5.82 Å². The van der Waals surface area contributed by atoms with Crippen LogP contribution >= 0.6 is 0 Å². The minimum atomic E-state index is -3.79. The Balaban J connectivity index is 1.65.